The van der Waals surface area contributed by atoms with Crippen molar-refractivity contribution in [2.45, 2.75) is 60.0 Å². The van der Waals surface area contributed by atoms with E-state index in [9.17, 15) is 4.79 Å². The van der Waals surface area contributed by atoms with E-state index in [0.29, 0.717) is 0 Å². The van der Waals surface area contributed by atoms with Gasteiger partial charge in [-0.15, -0.1) is 9.24 Å². The van der Waals surface area contributed by atoms with Crippen molar-refractivity contribution in [3.8, 4) is 5.75 Å². The van der Waals surface area contributed by atoms with Gasteiger partial charge in [-0.3, -0.25) is 4.79 Å². The molecule has 0 aliphatic heterocycles. The molecule has 27 heavy (non-hydrogen) atoms. The van der Waals surface area contributed by atoms with Crippen LogP contribution < -0.4 is 10.0 Å². The summed E-state index contributed by atoms with van der Waals surface area (Å²) < 4.78 is 6.23. The third kappa shape index (κ3) is 6.50. The number of benzene rings is 2. The molecule has 142 valence electrons. The Morgan fingerprint density at radius 2 is 1.63 bits per heavy atom. The number of unbranched alkanes of at least 4 members (excludes halogenated alkanes) is 1. The van der Waals surface area contributed by atoms with E-state index in [2.05, 4.69) is 42.1 Å². The number of carbonyl (C=O) groups is 1. The van der Waals surface area contributed by atoms with Gasteiger partial charge in [0.25, 0.3) is 0 Å². The summed E-state index contributed by atoms with van der Waals surface area (Å²) in [5.41, 5.74) is 4.06. The Balaban J connectivity index is 0.00000364. The minimum atomic E-state index is -0.461. The molecule has 0 amide bonds. The maximum absolute atomic E-state index is 13.4. The standard InChI is InChI=1S/C23H31O2P.Li.H/c1-6-7-8-16(3)23(25-19-9-11-20(26)12-10-19)22(24)21-17(4)13-15(2)14-18(21)5;;/h9-14,16,23H,6-8,26H2,1-5H3;;. The van der Waals surface area contributed by atoms with Crippen LogP contribution in [0, 0.1) is 26.7 Å². The van der Waals surface area contributed by atoms with Gasteiger partial charge in [0.1, 0.15) is 5.75 Å². The van der Waals surface area contributed by atoms with Gasteiger partial charge in [0, 0.05) is 11.5 Å². The van der Waals surface area contributed by atoms with Crippen LogP contribution in [0.4, 0.5) is 0 Å². The fraction of sp³-hybridized carbons (Fsp3) is 0.435. The van der Waals surface area contributed by atoms with Crippen LogP contribution in [-0.2, 0) is 0 Å². The molecule has 2 aromatic rings. The predicted octanol–water partition coefficient (Wildman–Crippen LogP) is 4.92. The van der Waals surface area contributed by atoms with Gasteiger partial charge >= 0.3 is 18.9 Å². The number of Topliss-reactive ketones (excluding diaryl/α,β-unsaturated/α-hetero) is 1. The SMILES string of the molecule is CCCCC(C)C(Oc1ccc(P)cc1)C(=O)c1c(C)cc(C)cc1C.[LiH]. The molecule has 2 nitrogen and oxygen atoms in total. The molecular formula is C23H32LiO2P. The van der Waals surface area contributed by atoms with Gasteiger partial charge in [-0.25, -0.2) is 0 Å². The zero-order chi connectivity index (χ0) is 19.3. The van der Waals surface area contributed by atoms with Gasteiger partial charge in [0.15, 0.2) is 6.10 Å². The molecule has 0 bridgehead atoms. The third-order valence-corrected chi connectivity index (χ3v) is 5.24. The van der Waals surface area contributed by atoms with E-state index in [0.717, 1.165) is 47.0 Å². The van der Waals surface area contributed by atoms with Crippen molar-refractivity contribution in [3.05, 3.63) is 58.7 Å². The molecule has 0 heterocycles. The Kier molecular flexibility index (Phi) is 9.82. The second-order valence-electron chi connectivity index (χ2n) is 7.36. The van der Waals surface area contributed by atoms with Crippen LogP contribution in [0.5, 0.6) is 5.75 Å². The molecule has 0 aromatic heterocycles. The molecule has 0 aliphatic carbocycles. The number of rotatable bonds is 8. The van der Waals surface area contributed by atoms with Crippen molar-refractivity contribution >= 4 is 39.2 Å². The van der Waals surface area contributed by atoms with E-state index < -0.39 is 6.10 Å². The second kappa shape index (κ2) is 11.1. The third-order valence-electron chi connectivity index (χ3n) is 4.85. The minimum absolute atomic E-state index is 0. The monoisotopic (exact) mass is 378 g/mol. The zero-order valence-corrected chi connectivity index (χ0v) is 17.8. The molecule has 3 unspecified atom stereocenters. The van der Waals surface area contributed by atoms with E-state index in [1.54, 1.807) is 0 Å². The molecule has 2 aromatic carbocycles. The number of aryl methyl sites for hydroxylation is 3. The van der Waals surface area contributed by atoms with Crippen molar-refractivity contribution in [2.24, 2.45) is 5.92 Å². The van der Waals surface area contributed by atoms with Gasteiger partial charge in [0.2, 0.25) is 5.78 Å². The summed E-state index contributed by atoms with van der Waals surface area (Å²) >= 11 is 0. The van der Waals surface area contributed by atoms with Crippen molar-refractivity contribution < 1.29 is 9.53 Å². The Hall–Kier alpha value is -1.06. The topological polar surface area (TPSA) is 26.3 Å². The fourth-order valence-electron chi connectivity index (χ4n) is 3.51. The van der Waals surface area contributed by atoms with E-state index in [-0.39, 0.29) is 30.6 Å². The van der Waals surface area contributed by atoms with Crippen molar-refractivity contribution in [1.82, 2.24) is 0 Å². The molecule has 0 radical (unpaired) electrons. The summed E-state index contributed by atoms with van der Waals surface area (Å²) in [5, 5.41) is 1.10. The summed E-state index contributed by atoms with van der Waals surface area (Å²) in [5.74, 6) is 1.01. The van der Waals surface area contributed by atoms with E-state index in [1.807, 2.05) is 38.1 Å². The Bertz CT molecular complexity index is 732. The first-order valence-corrected chi connectivity index (χ1v) is 10.1. The molecule has 0 spiro atoms. The molecular weight excluding hydrogens is 346 g/mol. The zero-order valence-electron chi connectivity index (χ0n) is 16.6. The Morgan fingerprint density at radius 3 is 2.15 bits per heavy atom. The summed E-state index contributed by atoms with van der Waals surface area (Å²) in [6.07, 6.45) is 2.75. The van der Waals surface area contributed by atoms with Crippen LogP contribution >= 0.6 is 9.24 Å². The van der Waals surface area contributed by atoms with E-state index >= 15 is 0 Å². The average Bonchev–Trinajstić information content (AvgIpc) is 2.58. The van der Waals surface area contributed by atoms with Crippen LogP contribution in [0.2, 0.25) is 0 Å². The Morgan fingerprint density at radius 1 is 1.07 bits per heavy atom. The molecule has 4 heteroatoms. The molecule has 0 saturated carbocycles. The summed E-state index contributed by atoms with van der Waals surface area (Å²) in [7, 11) is 2.67. The fourth-order valence-corrected chi connectivity index (χ4v) is 3.70. The molecule has 0 N–H and O–H groups in total. The van der Waals surface area contributed by atoms with Crippen molar-refractivity contribution in [1.29, 1.82) is 0 Å². The van der Waals surface area contributed by atoms with Gasteiger partial charge in [-0.05, 0) is 55.8 Å². The van der Waals surface area contributed by atoms with Gasteiger partial charge in [-0.2, -0.15) is 0 Å². The van der Waals surface area contributed by atoms with Crippen LogP contribution in [0.25, 0.3) is 0 Å². The van der Waals surface area contributed by atoms with Crippen LogP contribution in [0.15, 0.2) is 36.4 Å². The molecule has 3 atom stereocenters. The van der Waals surface area contributed by atoms with Crippen molar-refractivity contribution in [3.63, 3.8) is 0 Å². The van der Waals surface area contributed by atoms with Crippen LogP contribution in [-0.4, -0.2) is 30.7 Å². The quantitative estimate of drug-likeness (QED) is 0.370. The van der Waals surface area contributed by atoms with Crippen LogP contribution in [0.1, 0.15) is 60.2 Å². The van der Waals surface area contributed by atoms with E-state index in [4.69, 9.17) is 4.74 Å². The molecule has 0 saturated heterocycles. The second-order valence-corrected chi connectivity index (χ2v) is 8.03. The first-order valence-electron chi connectivity index (χ1n) is 9.47. The van der Waals surface area contributed by atoms with Gasteiger partial charge in [-0.1, -0.05) is 56.5 Å². The number of ketones is 1. The first kappa shape index (κ1) is 24.0. The number of carbonyl (C=O) groups excluding carboxylic acids is 1. The summed E-state index contributed by atoms with van der Waals surface area (Å²) in [6.45, 7) is 10.4. The summed E-state index contributed by atoms with van der Waals surface area (Å²) in [6, 6.07) is 12.0. The Labute approximate surface area is 178 Å². The predicted molar refractivity (Wildman–Crippen MR) is 121 cm³/mol. The summed E-state index contributed by atoms with van der Waals surface area (Å²) in [4.78, 5) is 13.4. The normalized spacial score (nSPS) is 12.8. The van der Waals surface area contributed by atoms with Gasteiger partial charge < -0.3 is 4.74 Å². The molecule has 0 fully saturated rings. The first-order chi connectivity index (χ1) is 12.3. The number of ether oxygens (including phenoxy) is 1. The number of hydrogen-bond donors (Lipinski definition) is 0. The van der Waals surface area contributed by atoms with Crippen molar-refractivity contribution in [2.75, 3.05) is 0 Å². The maximum atomic E-state index is 13.4. The average molecular weight is 378 g/mol. The number of hydrogen-bond acceptors (Lipinski definition) is 2. The molecule has 0 aliphatic rings. The van der Waals surface area contributed by atoms with E-state index in [1.165, 1.54) is 5.56 Å². The van der Waals surface area contributed by atoms with Crippen LogP contribution in [0.3, 0.4) is 0 Å². The van der Waals surface area contributed by atoms with Gasteiger partial charge in [0.05, 0.1) is 0 Å². The molecule has 2 rings (SSSR count).